The molecule has 4 nitrogen and oxygen atoms in total. The van der Waals surface area contributed by atoms with Crippen molar-refractivity contribution in [1.29, 1.82) is 0 Å². The number of rotatable bonds is 3. The Hall–Kier alpha value is -1.84. The highest BCUT2D eigenvalue weighted by Crippen LogP contribution is 2.28. The Morgan fingerprint density at radius 2 is 2.05 bits per heavy atom. The molecule has 19 heavy (non-hydrogen) atoms. The molecule has 1 aromatic carbocycles. The molecular formula is C15H19NO3. The average molecular weight is 261 g/mol. The van der Waals surface area contributed by atoms with Gasteiger partial charge < -0.3 is 9.64 Å². The molecule has 1 aliphatic heterocycles. The summed E-state index contributed by atoms with van der Waals surface area (Å²) in [4.78, 5) is 25.0. The molecule has 1 aromatic rings. The van der Waals surface area contributed by atoms with E-state index < -0.39 is 0 Å². The fourth-order valence-corrected chi connectivity index (χ4v) is 2.52. The third kappa shape index (κ3) is 3.13. The minimum atomic E-state index is -0.334. The second kappa shape index (κ2) is 5.87. The molecule has 2 rings (SSSR count). The number of nitrogens with zero attached hydrogens (tertiary/aromatic N) is 1. The molecule has 0 aliphatic carbocycles. The first-order valence-corrected chi connectivity index (χ1v) is 6.54. The van der Waals surface area contributed by atoms with Crippen LogP contribution in [-0.4, -0.2) is 30.4 Å². The zero-order valence-electron chi connectivity index (χ0n) is 11.4. The number of carbonyl (C=O) groups excluding carboxylic acids is 2. The molecule has 0 radical (unpaired) electrons. The molecule has 1 aliphatic rings. The van der Waals surface area contributed by atoms with Gasteiger partial charge in [0, 0.05) is 19.5 Å². The molecule has 0 fully saturated rings. The minimum Gasteiger partial charge on any atom is -0.469 e. The minimum absolute atomic E-state index is 0.0201. The van der Waals surface area contributed by atoms with Gasteiger partial charge in [0.2, 0.25) is 5.91 Å². The van der Waals surface area contributed by atoms with Crippen molar-refractivity contribution in [3.63, 3.8) is 0 Å². The summed E-state index contributed by atoms with van der Waals surface area (Å²) in [6, 6.07) is 8.21. The fraction of sp³-hybridized carbons (Fsp3) is 0.467. The lowest BCUT2D eigenvalue weighted by atomic mass is 9.91. The number of amides is 1. The summed E-state index contributed by atoms with van der Waals surface area (Å²) >= 11 is 0. The van der Waals surface area contributed by atoms with Crippen LogP contribution in [0.5, 0.6) is 0 Å². The van der Waals surface area contributed by atoms with Crippen molar-refractivity contribution in [3.8, 4) is 0 Å². The zero-order valence-corrected chi connectivity index (χ0v) is 11.4. The topological polar surface area (TPSA) is 46.6 Å². The Labute approximate surface area is 113 Å². The number of esters is 1. The summed E-state index contributed by atoms with van der Waals surface area (Å²) in [6.45, 7) is 3.48. The van der Waals surface area contributed by atoms with E-state index in [1.807, 2.05) is 17.0 Å². The van der Waals surface area contributed by atoms with Gasteiger partial charge in [0.15, 0.2) is 0 Å². The van der Waals surface area contributed by atoms with E-state index in [1.54, 1.807) is 0 Å². The van der Waals surface area contributed by atoms with Gasteiger partial charge in [-0.15, -0.1) is 0 Å². The maximum Gasteiger partial charge on any atom is 0.306 e. The van der Waals surface area contributed by atoms with E-state index in [1.165, 1.54) is 18.2 Å². The van der Waals surface area contributed by atoms with Crippen molar-refractivity contribution in [2.75, 3.05) is 13.7 Å². The molecule has 0 bridgehead atoms. The van der Waals surface area contributed by atoms with Crippen molar-refractivity contribution in [2.24, 2.45) is 0 Å². The first-order chi connectivity index (χ1) is 9.11. The van der Waals surface area contributed by atoms with Gasteiger partial charge in [-0.2, -0.15) is 0 Å². The maximum absolute atomic E-state index is 12.1. The molecule has 0 N–H and O–H groups in total. The van der Waals surface area contributed by atoms with Crippen LogP contribution in [0.3, 0.4) is 0 Å². The van der Waals surface area contributed by atoms with Crippen molar-refractivity contribution in [2.45, 2.75) is 32.2 Å². The predicted octanol–water partition coefficient (Wildman–Crippen LogP) is 2.09. The monoisotopic (exact) mass is 261 g/mol. The highest BCUT2D eigenvalue weighted by Gasteiger charge is 2.25. The summed E-state index contributed by atoms with van der Waals surface area (Å²) in [5.41, 5.74) is 2.52. The van der Waals surface area contributed by atoms with Crippen LogP contribution < -0.4 is 0 Å². The van der Waals surface area contributed by atoms with Crippen LogP contribution in [-0.2, 0) is 20.9 Å². The SMILES string of the molecule is COC(=O)CCC(=O)N1Cc2ccccc2C(C)C1. The molecule has 0 saturated heterocycles. The maximum atomic E-state index is 12.1. The largest absolute Gasteiger partial charge is 0.469 e. The van der Waals surface area contributed by atoms with Gasteiger partial charge >= 0.3 is 5.97 Å². The zero-order chi connectivity index (χ0) is 13.8. The second-order valence-electron chi connectivity index (χ2n) is 4.95. The standard InChI is InChI=1S/C15H19NO3/c1-11-9-16(14(17)7-8-15(18)19-2)10-12-5-3-4-6-13(11)12/h3-6,11H,7-10H2,1-2H3. The number of benzene rings is 1. The number of hydrogen-bond donors (Lipinski definition) is 0. The smallest absolute Gasteiger partial charge is 0.306 e. The highest BCUT2D eigenvalue weighted by molar-refractivity contribution is 5.81. The Bertz CT molecular complexity index is 484. The summed E-state index contributed by atoms with van der Waals surface area (Å²) in [6.07, 6.45) is 0.378. The van der Waals surface area contributed by atoms with Crippen molar-refractivity contribution in [3.05, 3.63) is 35.4 Å². The number of hydrogen-bond acceptors (Lipinski definition) is 3. The van der Waals surface area contributed by atoms with Crippen LogP contribution in [0.15, 0.2) is 24.3 Å². The molecule has 1 heterocycles. The lowest BCUT2D eigenvalue weighted by Gasteiger charge is -2.33. The molecule has 1 atom stereocenters. The van der Waals surface area contributed by atoms with E-state index in [0.29, 0.717) is 12.5 Å². The number of carbonyl (C=O) groups is 2. The Kier molecular flexibility index (Phi) is 4.20. The summed E-state index contributed by atoms with van der Waals surface area (Å²) in [5.74, 6) is 0.0255. The van der Waals surface area contributed by atoms with Gasteiger partial charge in [0.25, 0.3) is 0 Å². The Morgan fingerprint density at radius 1 is 1.32 bits per heavy atom. The second-order valence-corrected chi connectivity index (χ2v) is 4.95. The predicted molar refractivity (Wildman–Crippen MR) is 71.5 cm³/mol. The lowest BCUT2D eigenvalue weighted by molar-refractivity contribution is -0.143. The van der Waals surface area contributed by atoms with Crippen LogP contribution >= 0.6 is 0 Å². The van der Waals surface area contributed by atoms with E-state index >= 15 is 0 Å². The number of ether oxygens (including phenoxy) is 1. The molecular weight excluding hydrogens is 242 g/mol. The van der Waals surface area contributed by atoms with Gasteiger partial charge in [-0.05, 0) is 17.0 Å². The summed E-state index contributed by atoms with van der Waals surface area (Å²) in [5, 5.41) is 0. The summed E-state index contributed by atoms with van der Waals surface area (Å²) in [7, 11) is 1.34. The molecule has 1 unspecified atom stereocenters. The van der Waals surface area contributed by atoms with E-state index in [4.69, 9.17) is 0 Å². The summed E-state index contributed by atoms with van der Waals surface area (Å²) < 4.78 is 4.56. The van der Waals surface area contributed by atoms with E-state index in [9.17, 15) is 9.59 Å². The first kappa shape index (κ1) is 13.6. The Morgan fingerprint density at radius 3 is 2.79 bits per heavy atom. The van der Waals surface area contributed by atoms with Gasteiger partial charge in [-0.3, -0.25) is 9.59 Å². The Balaban J connectivity index is 2.00. The third-order valence-corrected chi connectivity index (χ3v) is 3.56. The molecule has 0 saturated carbocycles. The van der Waals surface area contributed by atoms with Gasteiger partial charge in [-0.1, -0.05) is 31.2 Å². The van der Waals surface area contributed by atoms with Crippen molar-refractivity contribution in [1.82, 2.24) is 4.90 Å². The van der Waals surface area contributed by atoms with Crippen LogP contribution in [0.25, 0.3) is 0 Å². The van der Waals surface area contributed by atoms with E-state index in [-0.39, 0.29) is 24.7 Å². The normalized spacial score (nSPS) is 17.8. The highest BCUT2D eigenvalue weighted by atomic mass is 16.5. The third-order valence-electron chi connectivity index (χ3n) is 3.56. The number of methoxy groups -OCH3 is 1. The van der Waals surface area contributed by atoms with Gasteiger partial charge in [0.05, 0.1) is 13.5 Å². The van der Waals surface area contributed by atoms with Crippen molar-refractivity contribution >= 4 is 11.9 Å². The van der Waals surface area contributed by atoms with E-state index in [0.717, 1.165) is 6.54 Å². The first-order valence-electron chi connectivity index (χ1n) is 6.54. The average Bonchev–Trinajstić information content (AvgIpc) is 2.44. The molecule has 0 aromatic heterocycles. The van der Waals surface area contributed by atoms with Crippen LogP contribution in [0.4, 0.5) is 0 Å². The van der Waals surface area contributed by atoms with Crippen molar-refractivity contribution < 1.29 is 14.3 Å². The van der Waals surface area contributed by atoms with Gasteiger partial charge in [-0.25, -0.2) is 0 Å². The fourth-order valence-electron chi connectivity index (χ4n) is 2.52. The molecule has 0 spiro atoms. The molecule has 102 valence electrons. The van der Waals surface area contributed by atoms with E-state index in [2.05, 4.69) is 23.8 Å². The number of fused-ring (bicyclic) bond motifs is 1. The van der Waals surface area contributed by atoms with Crippen LogP contribution in [0.2, 0.25) is 0 Å². The molecule has 1 amide bonds. The van der Waals surface area contributed by atoms with Crippen LogP contribution in [0, 0.1) is 0 Å². The van der Waals surface area contributed by atoms with Gasteiger partial charge in [0.1, 0.15) is 0 Å². The lowest BCUT2D eigenvalue weighted by Crippen LogP contribution is -2.37. The quantitative estimate of drug-likeness (QED) is 0.783. The molecule has 4 heteroatoms. The van der Waals surface area contributed by atoms with Crippen LogP contribution in [0.1, 0.15) is 36.8 Å².